The number of thiophene rings is 1. The number of sulfonamides is 1. The van der Waals surface area contributed by atoms with Gasteiger partial charge in [-0.2, -0.15) is 15.6 Å². The number of hydrogen-bond acceptors (Lipinski definition) is 5. The van der Waals surface area contributed by atoms with Gasteiger partial charge in [0.2, 0.25) is 21.8 Å². The van der Waals surface area contributed by atoms with Crippen molar-refractivity contribution in [2.75, 3.05) is 32.4 Å². The second-order valence-electron chi connectivity index (χ2n) is 5.37. The number of amides is 2. The zero-order valence-corrected chi connectivity index (χ0v) is 13.9. The molecule has 9 heteroatoms. The monoisotopic (exact) mass is 345 g/mol. The minimum absolute atomic E-state index is 0.0242. The molecule has 0 aromatic carbocycles. The molecule has 0 aliphatic carbocycles. The van der Waals surface area contributed by atoms with Gasteiger partial charge in [-0.15, -0.1) is 0 Å². The van der Waals surface area contributed by atoms with Crippen LogP contribution in [-0.2, 0) is 26.0 Å². The highest BCUT2D eigenvalue weighted by atomic mass is 32.2. The molecule has 1 saturated heterocycles. The third kappa shape index (κ3) is 4.28. The summed E-state index contributed by atoms with van der Waals surface area (Å²) in [6, 6.07) is 1.87. The molecule has 22 heavy (non-hydrogen) atoms. The van der Waals surface area contributed by atoms with Gasteiger partial charge >= 0.3 is 0 Å². The van der Waals surface area contributed by atoms with Gasteiger partial charge in [0.15, 0.2) is 0 Å². The minimum atomic E-state index is -3.43. The van der Waals surface area contributed by atoms with Crippen molar-refractivity contribution in [1.29, 1.82) is 0 Å². The molecule has 1 unspecified atom stereocenters. The molecule has 1 atom stereocenters. The van der Waals surface area contributed by atoms with Gasteiger partial charge in [-0.05, 0) is 22.4 Å². The third-order valence-corrected chi connectivity index (χ3v) is 5.65. The highest BCUT2D eigenvalue weighted by Gasteiger charge is 2.32. The lowest BCUT2D eigenvalue weighted by molar-refractivity contribution is -0.131. The van der Waals surface area contributed by atoms with Crippen molar-refractivity contribution in [3.63, 3.8) is 0 Å². The molecule has 1 fully saturated rings. The van der Waals surface area contributed by atoms with Gasteiger partial charge in [0.05, 0.1) is 18.6 Å². The lowest BCUT2D eigenvalue weighted by atomic mass is 10.1. The van der Waals surface area contributed by atoms with E-state index in [1.807, 2.05) is 16.8 Å². The molecule has 0 bridgehead atoms. The second-order valence-corrected chi connectivity index (χ2v) is 8.13. The smallest absolute Gasteiger partial charge is 0.227 e. The van der Waals surface area contributed by atoms with E-state index in [0.717, 1.165) is 11.8 Å². The molecule has 2 N–H and O–H groups in total. The number of carbonyl (C=O) groups excluding carboxylic acids is 2. The summed E-state index contributed by atoms with van der Waals surface area (Å²) in [6.45, 7) is 0.624. The topological polar surface area (TPSA) is 101 Å². The van der Waals surface area contributed by atoms with E-state index in [0.29, 0.717) is 0 Å². The van der Waals surface area contributed by atoms with E-state index in [1.54, 1.807) is 0 Å². The first-order valence-electron chi connectivity index (χ1n) is 6.80. The van der Waals surface area contributed by atoms with Gasteiger partial charge in [-0.25, -0.2) is 8.42 Å². The lowest BCUT2D eigenvalue weighted by Crippen LogP contribution is -2.41. The largest absolute Gasteiger partial charge is 0.369 e. The van der Waals surface area contributed by atoms with E-state index in [9.17, 15) is 18.0 Å². The van der Waals surface area contributed by atoms with Gasteiger partial charge in [-0.3, -0.25) is 9.59 Å². The predicted molar refractivity (Wildman–Crippen MR) is 83.7 cm³/mol. The van der Waals surface area contributed by atoms with Gasteiger partial charge in [-0.1, -0.05) is 0 Å². The van der Waals surface area contributed by atoms with Crippen molar-refractivity contribution >= 4 is 33.2 Å². The molecular weight excluding hydrogens is 326 g/mol. The minimum Gasteiger partial charge on any atom is -0.369 e. The quantitative estimate of drug-likeness (QED) is 0.794. The van der Waals surface area contributed by atoms with E-state index < -0.39 is 21.8 Å². The van der Waals surface area contributed by atoms with Crippen LogP contribution in [0.1, 0.15) is 5.56 Å². The SMILES string of the molecule is CS(=O)(=O)N1CCN(C(=O)Cc2ccsc2)CC(C(N)=O)C1. The molecule has 0 saturated carbocycles. The summed E-state index contributed by atoms with van der Waals surface area (Å²) in [5, 5.41) is 3.78. The first kappa shape index (κ1) is 16.9. The van der Waals surface area contributed by atoms with Crippen LogP contribution in [0, 0.1) is 5.92 Å². The molecule has 1 aromatic heterocycles. The summed E-state index contributed by atoms with van der Waals surface area (Å²) < 4.78 is 24.6. The maximum absolute atomic E-state index is 12.4. The van der Waals surface area contributed by atoms with E-state index in [1.165, 1.54) is 20.5 Å². The molecule has 122 valence electrons. The van der Waals surface area contributed by atoms with E-state index >= 15 is 0 Å². The van der Waals surface area contributed by atoms with Gasteiger partial charge in [0.25, 0.3) is 0 Å². The number of carbonyl (C=O) groups is 2. The Bertz CT molecular complexity index is 642. The fourth-order valence-corrected chi connectivity index (χ4v) is 3.90. The van der Waals surface area contributed by atoms with Crippen LogP contribution in [-0.4, -0.2) is 61.9 Å². The average Bonchev–Trinajstić information content (AvgIpc) is 2.79. The van der Waals surface area contributed by atoms with Crippen molar-refractivity contribution in [1.82, 2.24) is 9.21 Å². The van der Waals surface area contributed by atoms with E-state index in [-0.39, 0.29) is 38.5 Å². The number of hydrogen-bond donors (Lipinski definition) is 1. The van der Waals surface area contributed by atoms with Crippen LogP contribution in [0.3, 0.4) is 0 Å². The van der Waals surface area contributed by atoms with Crippen LogP contribution < -0.4 is 5.73 Å². The van der Waals surface area contributed by atoms with E-state index in [4.69, 9.17) is 5.73 Å². The molecule has 1 aliphatic heterocycles. The first-order valence-corrected chi connectivity index (χ1v) is 9.60. The summed E-state index contributed by atoms with van der Waals surface area (Å²) in [7, 11) is -3.43. The molecule has 2 rings (SSSR count). The lowest BCUT2D eigenvalue weighted by Gasteiger charge is -2.22. The Kier molecular flexibility index (Phi) is 5.20. The molecule has 0 radical (unpaired) electrons. The highest BCUT2D eigenvalue weighted by molar-refractivity contribution is 7.88. The zero-order chi connectivity index (χ0) is 16.3. The highest BCUT2D eigenvalue weighted by Crippen LogP contribution is 2.15. The van der Waals surface area contributed by atoms with Crippen molar-refractivity contribution < 1.29 is 18.0 Å². The summed E-state index contributed by atoms with van der Waals surface area (Å²) >= 11 is 1.51. The second kappa shape index (κ2) is 6.76. The fraction of sp³-hybridized carbons (Fsp3) is 0.538. The molecule has 7 nitrogen and oxygen atoms in total. The Morgan fingerprint density at radius 2 is 2.09 bits per heavy atom. The number of primary amides is 1. The Morgan fingerprint density at radius 3 is 2.64 bits per heavy atom. The van der Waals surface area contributed by atoms with Crippen LogP contribution in [0.2, 0.25) is 0 Å². The summed E-state index contributed by atoms with van der Waals surface area (Å²) in [5.41, 5.74) is 6.26. The maximum atomic E-state index is 12.4. The normalized spacial score (nSPS) is 20.6. The van der Waals surface area contributed by atoms with Crippen LogP contribution in [0.5, 0.6) is 0 Å². The Labute approximate surface area is 133 Å². The standard InChI is InChI=1S/C13H19N3O4S2/c1-22(19,20)16-4-3-15(7-11(8-16)13(14)18)12(17)6-10-2-5-21-9-10/h2,5,9,11H,3-4,6-8H2,1H3,(H2,14,18). The van der Waals surface area contributed by atoms with Crippen molar-refractivity contribution in [2.45, 2.75) is 6.42 Å². The molecule has 2 heterocycles. The molecule has 1 aliphatic rings. The van der Waals surface area contributed by atoms with Crippen molar-refractivity contribution in [3.05, 3.63) is 22.4 Å². The van der Waals surface area contributed by atoms with Crippen LogP contribution in [0.4, 0.5) is 0 Å². The molecule has 2 amide bonds. The fourth-order valence-electron chi connectivity index (χ4n) is 2.37. The van der Waals surface area contributed by atoms with Gasteiger partial charge in [0.1, 0.15) is 0 Å². The third-order valence-electron chi connectivity index (χ3n) is 3.64. The van der Waals surface area contributed by atoms with Gasteiger partial charge in [0, 0.05) is 26.2 Å². The van der Waals surface area contributed by atoms with Gasteiger partial charge < -0.3 is 10.6 Å². The molecular formula is C13H19N3O4S2. The predicted octanol–water partition coefficient (Wildman–Crippen LogP) is -0.504. The Hall–Kier alpha value is -1.45. The summed E-state index contributed by atoms with van der Waals surface area (Å²) in [5.74, 6) is -1.41. The Morgan fingerprint density at radius 1 is 1.36 bits per heavy atom. The number of nitrogens with zero attached hydrogens (tertiary/aromatic N) is 2. The van der Waals surface area contributed by atoms with Crippen LogP contribution in [0.15, 0.2) is 16.8 Å². The Balaban J connectivity index is 2.12. The maximum Gasteiger partial charge on any atom is 0.227 e. The first-order chi connectivity index (χ1) is 10.3. The average molecular weight is 345 g/mol. The number of nitrogens with two attached hydrogens (primary N) is 1. The zero-order valence-electron chi connectivity index (χ0n) is 12.3. The van der Waals surface area contributed by atoms with Crippen molar-refractivity contribution in [3.8, 4) is 0 Å². The van der Waals surface area contributed by atoms with Crippen LogP contribution >= 0.6 is 11.3 Å². The summed E-state index contributed by atoms with van der Waals surface area (Å²) in [4.78, 5) is 25.4. The molecule has 1 aromatic rings. The number of rotatable bonds is 4. The van der Waals surface area contributed by atoms with E-state index in [2.05, 4.69) is 0 Å². The van der Waals surface area contributed by atoms with Crippen molar-refractivity contribution in [2.24, 2.45) is 11.7 Å². The van der Waals surface area contributed by atoms with Crippen LogP contribution in [0.25, 0.3) is 0 Å². The summed E-state index contributed by atoms with van der Waals surface area (Å²) in [6.07, 6.45) is 1.34. The molecule has 0 spiro atoms.